The lowest BCUT2D eigenvalue weighted by molar-refractivity contribution is -0.153. The predicted molar refractivity (Wildman–Crippen MR) is 89.4 cm³/mol. The molecule has 2 amide bonds. The smallest absolute Gasteiger partial charge is 0.329 e. The number of nitrogens with zero attached hydrogens (tertiary/aromatic N) is 2. The fourth-order valence-electron chi connectivity index (χ4n) is 2.40. The van der Waals surface area contributed by atoms with Crippen molar-refractivity contribution in [1.29, 1.82) is 0 Å². The van der Waals surface area contributed by atoms with Crippen molar-refractivity contribution in [3.63, 3.8) is 0 Å². The average molecular weight is 333 g/mol. The fraction of sp³-hybridized carbons (Fsp3) is 0.471. The van der Waals surface area contributed by atoms with Gasteiger partial charge in [0.1, 0.15) is 6.04 Å². The second-order valence-corrected chi connectivity index (χ2v) is 6.08. The van der Waals surface area contributed by atoms with Crippen LogP contribution in [0.2, 0.25) is 0 Å². The molecule has 1 fully saturated rings. The van der Waals surface area contributed by atoms with Gasteiger partial charge in [-0.25, -0.2) is 4.79 Å². The SMILES string of the molecule is CN(Cc1ccc(N(C)C)cc1)C(=O)COC(=O)[C@@H]1CCC(=O)N1. The molecule has 0 spiro atoms. The number of amides is 2. The number of likely N-dealkylation sites (N-methyl/N-ethyl adjacent to an activating group) is 1. The lowest BCUT2D eigenvalue weighted by Crippen LogP contribution is -2.37. The number of rotatable bonds is 6. The number of carbonyl (C=O) groups is 3. The molecule has 0 saturated carbocycles. The van der Waals surface area contributed by atoms with E-state index in [1.807, 2.05) is 43.3 Å². The number of benzene rings is 1. The maximum atomic E-state index is 12.1. The summed E-state index contributed by atoms with van der Waals surface area (Å²) >= 11 is 0. The van der Waals surface area contributed by atoms with Crippen LogP contribution in [0.3, 0.4) is 0 Å². The van der Waals surface area contributed by atoms with E-state index in [1.165, 1.54) is 4.90 Å². The van der Waals surface area contributed by atoms with Crippen molar-refractivity contribution >= 4 is 23.5 Å². The van der Waals surface area contributed by atoms with Gasteiger partial charge in [-0.05, 0) is 24.1 Å². The Kier molecular flexibility index (Phi) is 5.78. The second kappa shape index (κ2) is 7.81. The van der Waals surface area contributed by atoms with Crippen molar-refractivity contribution < 1.29 is 19.1 Å². The van der Waals surface area contributed by atoms with Crippen LogP contribution in [0.4, 0.5) is 5.69 Å². The Morgan fingerprint density at radius 2 is 1.88 bits per heavy atom. The molecular formula is C17H23N3O4. The summed E-state index contributed by atoms with van der Waals surface area (Å²) in [7, 11) is 5.59. The first kappa shape index (κ1) is 17.8. The molecule has 7 heteroatoms. The van der Waals surface area contributed by atoms with Gasteiger partial charge in [0, 0.05) is 39.8 Å². The molecule has 2 rings (SSSR count). The van der Waals surface area contributed by atoms with Crippen LogP contribution >= 0.6 is 0 Å². The van der Waals surface area contributed by atoms with Gasteiger partial charge in [-0.2, -0.15) is 0 Å². The minimum absolute atomic E-state index is 0.165. The van der Waals surface area contributed by atoms with Gasteiger partial charge in [-0.3, -0.25) is 9.59 Å². The molecule has 1 saturated heterocycles. The highest BCUT2D eigenvalue weighted by molar-refractivity contribution is 5.89. The molecule has 0 radical (unpaired) electrons. The predicted octanol–water partition coefficient (Wildman–Crippen LogP) is 0.533. The summed E-state index contributed by atoms with van der Waals surface area (Å²) in [5.41, 5.74) is 2.08. The number of anilines is 1. The largest absolute Gasteiger partial charge is 0.454 e. The monoisotopic (exact) mass is 333 g/mol. The van der Waals surface area contributed by atoms with Crippen molar-refractivity contribution in [2.45, 2.75) is 25.4 Å². The van der Waals surface area contributed by atoms with E-state index in [-0.39, 0.29) is 18.4 Å². The normalized spacial score (nSPS) is 16.5. The van der Waals surface area contributed by atoms with Crippen LogP contribution < -0.4 is 10.2 Å². The summed E-state index contributed by atoms with van der Waals surface area (Å²) in [4.78, 5) is 38.4. The summed E-state index contributed by atoms with van der Waals surface area (Å²) in [6.07, 6.45) is 0.733. The summed E-state index contributed by atoms with van der Waals surface area (Å²) in [5, 5.41) is 2.52. The average Bonchev–Trinajstić information content (AvgIpc) is 2.99. The zero-order chi connectivity index (χ0) is 17.7. The number of hydrogen-bond acceptors (Lipinski definition) is 5. The van der Waals surface area contributed by atoms with Crippen LogP contribution in [-0.2, 0) is 25.7 Å². The molecule has 0 aromatic heterocycles. The second-order valence-electron chi connectivity index (χ2n) is 6.08. The minimum Gasteiger partial charge on any atom is -0.454 e. The van der Waals surface area contributed by atoms with Crippen molar-refractivity contribution in [3.05, 3.63) is 29.8 Å². The number of hydrogen-bond donors (Lipinski definition) is 1. The van der Waals surface area contributed by atoms with Crippen LogP contribution in [0.25, 0.3) is 0 Å². The molecule has 1 aromatic rings. The van der Waals surface area contributed by atoms with Gasteiger partial charge in [0.05, 0.1) is 0 Å². The summed E-state index contributed by atoms with van der Waals surface area (Å²) < 4.78 is 4.99. The Labute approximate surface area is 141 Å². The molecule has 1 aliphatic rings. The molecule has 0 unspecified atom stereocenters. The maximum Gasteiger partial charge on any atom is 0.329 e. The molecule has 7 nitrogen and oxygen atoms in total. The Hall–Kier alpha value is -2.57. The topological polar surface area (TPSA) is 79.0 Å². The molecule has 1 heterocycles. The van der Waals surface area contributed by atoms with E-state index in [1.54, 1.807) is 7.05 Å². The first-order valence-electron chi connectivity index (χ1n) is 7.83. The summed E-state index contributed by atoms with van der Waals surface area (Å²) in [5.74, 6) is -1.01. The van der Waals surface area contributed by atoms with Crippen LogP contribution in [-0.4, -0.2) is 56.5 Å². The number of nitrogens with one attached hydrogen (secondary N) is 1. The zero-order valence-electron chi connectivity index (χ0n) is 14.2. The maximum absolute atomic E-state index is 12.1. The van der Waals surface area contributed by atoms with E-state index in [0.29, 0.717) is 19.4 Å². The fourth-order valence-corrected chi connectivity index (χ4v) is 2.40. The van der Waals surface area contributed by atoms with Gasteiger partial charge < -0.3 is 19.9 Å². The van der Waals surface area contributed by atoms with Crippen LogP contribution in [0.15, 0.2) is 24.3 Å². The third-order valence-corrected chi connectivity index (χ3v) is 3.92. The van der Waals surface area contributed by atoms with Gasteiger partial charge in [-0.1, -0.05) is 12.1 Å². The quantitative estimate of drug-likeness (QED) is 0.769. The number of carbonyl (C=O) groups excluding carboxylic acids is 3. The molecule has 24 heavy (non-hydrogen) atoms. The molecule has 130 valence electrons. The molecule has 1 atom stereocenters. The first-order chi connectivity index (χ1) is 11.4. The van der Waals surface area contributed by atoms with Crippen molar-refractivity contribution in [1.82, 2.24) is 10.2 Å². The summed E-state index contributed by atoms with van der Waals surface area (Å²) in [6, 6.07) is 7.25. The highest BCUT2D eigenvalue weighted by atomic mass is 16.5. The zero-order valence-corrected chi connectivity index (χ0v) is 14.2. The Balaban J connectivity index is 1.79. The van der Waals surface area contributed by atoms with Gasteiger partial charge in [0.25, 0.3) is 5.91 Å². The van der Waals surface area contributed by atoms with E-state index in [2.05, 4.69) is 5.32 Å². The Morgan fingerprint density at radius 1 is 1.21 bits per heavy atom. The van der Waals surface area contributed by atoms with E-state index < -0.39 is 12.0 Å². The first-order valence-corrected chi connectivity index (χ1v) is 7.83. The van der Waals surface area contributed by atoms with Gasteiger partial charge in [0.15, 0.2) is 6.61 Å². The van der Waals surface area contributed by atoms with Crippen LogP contribution in [0.1, 0.15) is 18.4 Å². The van der Waals surface area contributed by atoms with Gasteiger partial charge >= 0.3 is 5.97 Å². The van der Waals surface area contributed by atoms with E-state index in [4.69, 9.17) is 4.74 Å². The van der Waals surface area contributed by atoms with Crippen LogP contribution in [0.5, 0.6) is 0 Å². The standard InChI is InChI=1S/C17H23N3O4/c1-19(2)13-6-4-12(5-7-13)10-20(3)16(22)11-24-17(23)14-8-9-15(21)18-14/h4-7,14H,8-11H2,1-3H3,(H,18,21)/t14-/m0/s1. The summed E-state index contributed by atoms with van der Waals surface area (Å²) in [6.45, 7) is 0.113. The number of ether oxygens (including phenoxy) is 1. The molecule has 1 aromatic carbocycles. The molecule has 1 N–H and O–H groups in total. The van der Waals surface area contributed by atoms with E-state index in [0.717, 1.165) is 11.3 Å². The van der Waals surface area contributed by atoms with Crippen LogP contribution in [0, 0.1) is 0 Å². The van der Waals surface area contributed by atoms with Gasteiger partial charge in [-0.15, -0.1) is 0 Å². The lowest BCUT2D eigenvalue weighted by Gasteiger charge is -2.19. The van der Waals surface area contributed by atoms with Gasteiger partial charge in [0.2, 0.25) is 5.91 Å². The Bertz CT molecular complexity index is 613. The highest BCUT2D eigenvalue weighted by Gasteiger charge is 2.29. The number of esters is 1. The highest BCUT2D eigenvalue weighted by Crippen LogP contribution is 2.13. The third-order valence-electron chi connectivity index (χ3n) is 3.92. The molecule has 0 bridgehead atoms. The Morgan fingerprint density at radius 3 is 2.42 bits per heavy atom. The van der Waals surface area contributed by atoms with Crippen molar-refractivity contribution in [2.24, 2.45) is 0 Å². The molecule has 1 aliphatic heterocycles. The third kappa shape index (κ3) is 4.71. The van der Waals surface area contributed by atoms with Crippen molar-refractivity contribution in [2.75, 3.05) is 32.6 Å². The van der Waals surface area contributed by atoms with Crippen molar-refractivity contribution in [3.8, 4) is 0 Å². The minimum atomic E-state index is -0.630. The van der Waals surface area contributed by atoms with E-state index >= 15 is 0 Å². The van der Waals surface area contributed by atoms with E-state index in [9.17, 15) is 14.4 Å². The lowest BCUT2D eigenvalue weighted by atomic mass is 10.2. The molecule has 0 aliphatic carbocycles. The molecular weight excluding hydrogens is 310 g/mol.